The van der Waals surface area contributed by atoms with Gasteiger partial charge in [0.15, 0.2) is 29.0 Å². The van der Waals surface area contributed by atoms with E-state index < -0.39 is 11.6 Å². The van der Waals surface area contributed by atoms with E-state index in [2.05, 4.69) is 20.6 Å². The van der Waals surface area contributed by atoms with Crippen LogP contribution >= 0.6 is 0 Å². The summed E-state index contributed by atoms with van der Waals surface area (Å²) in [5.74, 6) is -1.08. The maximum atomic E-state index is 14.4. The number of hydrogen-bond donors (Lipinski definition) is 2. The predicted octanol–water partition coefficient (Wildman–Crippen LogP) is 4.89. The number of methoxy groups -OCH3 is 1. The van der Waals surface area contributed by atoms with Gasteiger partial charge in [-0.3, -0.25) is 4.79 Å². The molecule has 2 N–H and O–H groups in total. The zero-order valence-electron chi connectivity index (χ0n) is 21.3. The lowest BCUT2D eigenvalue weighted by atomic mass is 10.1. The molecular formula is C27H31F2N5O3. The molecular weight excluding hydrogens is 480 g/mol. The van der Waals surface area contributed by atoms with Crippen LogP contribution in [-0.4, -0.2) is 61.6 Å². The number of nitrogens with zero attached hydrogens (tertiary/aromatic N) is 3. The molecule has 37 heavy (non-hydrogen) atoms. The number of nitrogens with one attached hydrogen (secondary N) is 2. The number of carbonyl (C=O) groups excluding carboxylic acids is 1. The predicted molar refractivity (Wildman–Crippen MR) is 140 cm³/mol. The van der Waals surface area contributed by atoms with Gasteiger partial charge < -0.3 is 25.0 Å². The molecule has 3 rings (SSSR count). The first-order valence-electron chi connectivity index (χ1n) is 11.6. The Morgan fingerprint density at radius 3 is 2.43 bits per heavy atom. The van der Waals surface area contributed by atoms with E-state index in [1.54, 1.807) is 36.4 Å². The van der Waals surface area contributed by atoms with Crippen molar-refractivity contribution in [3.8, 4) is 5.75 Å². The van der Waals surface area contributed by atoms with E-state index in [0.29, 0.717) is 18.0 Å². The van der Waals surface area contributed by atoms with Gasteiger partial charge in [-0.1, -0.05) is 17.7 Å². The molecule has 0 atom stereocenters. The molecule has 8 nitrogen and oxygen atoms in total. The first-order chi connectivity index (χ1) is 17.7. The number of ketones is 1. The van der Waals surface area contributed by atoms with Crippen molar-refractivity contribution in [1.29, 1.82) is 0 Å². The summed E-state index contributed by atoms with van der Waals surface area (Å²) in [6.07, 6.45) is 2.95. The van der Waals surface area contributed by atoms with E-state index >= 15 is 0 Å². The van der Waals surface area contributed by atoms with Gasteiger partial charge in [0.25, 0.3) is 0 Å². The fraction of sp³-hybridized carbons (Fsp3) is 0.296. The molecule has 2 aromatic carbocycles. The van der Waals surface area contributed by atoms with Crippen molar-refractivity contribution in [3.05, 3.63) is 77.5 Å². The molecule has 196 valence electrons. The van der Waals surface area contributed by atoms with Crippen molar-refractivity contribution in [1.82, 2.24) is 14.9 Å². The number of halogens is 2. The highest BCUT2D eigenvalue weighted by Crippen LogP contribution is 2.24. The zero-order valence-corrected chi connectivity index (χ0v) is 21.3. The minimum atomic E-state index is -0.653. The summed E-state index contributed by atoms with van der Waals surface area (Å²) >= 11 is 0. The lowest BCUT2D eigenvalue weighted by Gasteiger charge is -2.11. The number of aromatic nitrogens is 2. The molecule has 0 aliphatic rings. The van der Waals surface area contributed by atoms with Crippen molar-refractivity contribution in [2.24, 2.45) is 0 Å². The van der Waals surface area contributed by atoms with Crippen LogP contribution in [0.3, 0.4) is 0 Å². The van der Waals surface area contributed by atoms with Gasteiger partial charge in [-0.05, 0) is 56.9 Å². The minimum Gasteiger partial charge on any atom is -0.488 e. The minimum absolute atomic E-state index is 0.0172. The molecule has 0 bridgehead atoms. The van der Waals surface area contributed by atoms with Crippen molar-refractivity contribution in [2.75, 3.05) is 51.6 Å². The Kier molecular flexibility index (Phi) is 10.0. The maximum Gasteiger partial charge on any atom is 0.229 e. The molecule has 0 fully saturated rings. The molecule has 0 saturated heterocycles. The normalized spacial score (nSPS) is 11.5. The van der Waals surface area contributed by atoms with Crippen LogP contribution in [0.15, 0.2) is 60.3 Å². The standard InChI is InChI=1S/C27H31F2N5O3/c1-18(17-34(2)3)13-22(35)14-19-5-7-20(8-6-19)31-26-24(29)16-30-27(33-26)32-21-9-10-25(23(28)15-21)37-12-11-36-4/h5-10,13,15-16H,11-12,14,17H2,1-4H3,(H2,30,31,32,33). The van der Waals surface area contributed by atoms with Gasteiger partial charge in [-0.2, -0.15) is 4.98 Å². The van der Waals surface area contributed by atoms with E-state index in [-0.39, 0.29) is 36.3 Å². The third kappa shape index (κ3) is 8.93. The fourth-order valence-corrected chi connectivity index (χ4v) is 3.49. The number of anilines is 4. The van der Waals surface area contributed by atoms with Crippen molar-refractivity contribution in [3.63, 3.8) is 0 Å². The molecule has 0 saturated carbocycles. The number of carbonyl (C=O) groups is 1. The molecule has 0 amide bonds. The van der Waals surface area contributed by atoms with E-state index in [1.807, 2.05) is 25.9 Å². The average Bonchev–Trinajstić information content (AvgIpc) is 2.83. The van der Waals surface area contributed by atoms with Crippen LogP contribution in [-0.2, 0) is 16.0 Å². The molecule has 1 aromatic heterocycles. The van der Waals surface area contributed by atoms with Crippen molar-refractivity contribution in [2.45, 2.75) is 13.3 Å². The Morgan fingerprint density at radius 2 is 1.76 bits per heavy atom. The monoisotopic (exact) mass is 511 g/mol. The highest BCUT2D eigenvalue weighted by molar-refractivity contribution is 5.92. The molecule has 0 aliphatic carbocycles. The van der Waals surface area contributed by atoms with Gasteiger partial charge in [-0.25, -0.2) is 13.8 Å². The fourth-order valence-electron chi connectivity index (χ4n) is 3.49. The highest BCUT2D eigenvalue weighted by atomic mass is 19.1. The van der Waals surface area contributed by atoms with E-state index in [0.717, 1.165) is 23.9 Å². The Balaban J connectivity index is 1.63. The second-order valence-corrected chi connectivity index (χ2v) is 8.70. The molecule has 3 aromatic rings. The number of likely N-dealkylation sites (N-methyl/N-ethyl adjacent to an activating group) is 1. The Hall–Kier alpha value is -3.89. The van der Waals surface area contributed by atoms with E-state index in [1.165, 1.54) is 19.2 Å². The second-order valence-electron chi connectivity index (χ2n) is 8.70. The summed E-state index contributed by atoms with van der Waals surface area (Å²) in [7, 11) is 5.43. The highest BCUT2D eigenvalue weighted by Gasteiger charge is 2.11. The third-order valence-electron chi connectivity index (χ3n) is 5.05. The molecule has 0 aliphatic heterocycles. The molecule has 10 heteroatoms. The van der Waals surface area contributed by atoms with Crippen LogP contribution < -0.4 is 15.4 Å². The second kappa shape index (κ2) is 13.4. The summed E-state index contributed by atoms with van der Waals surface area (Å²) in [4.78, 5) is 22.4. The maximum absolute atomic E-state index is 14.4. The van der Waals surface area contributed by atoms with Crippen molar-refractivity contribution < 1.29 is 23.0 Å². The number of benzene rings is 2. The quantitative estimate of drug-likeness (QED) is 0.248. The summed E-state index contributed by atoms with van der Waals surface area (Å²) < 4.78 is 38.8. The molecule has 1 heterocycles. The molecule has 0 unspecified atom stereocenters. The lowest BCUT2D eigenvalue weighted by molar-refractivity contribution is -0.114. The lowest BCUT2D eigenvalue weighted by Crippen LogP contribution is -2.14. The Bertz CT molecular complexity index is 1230. The Morgan fingerprint density at radius 1 is 1.03 bits per heavy atom. The summed E-state index contributed by atoms with van der Waals surface area (Å²) in [5.41, 5.74) is 2.79. The SMILES string of the molecule is COCCOc1ccc(Nc2ncc(F)c(Nc3ccc(CC(=O)C=C(C)CN(C)C)cc3)n2)cc1F. The van der Waals surface area contributed by atoms with E-state index in [9.17, 15) is 13.6 Å². The van der Waals surface area contributed by atoms with Gasteiger partial charge in [0.1, 0.15) is 6.61 Å². The molecule has 0 spiro atoms. The summed E-state index contributed by atoms with van der Waals surface area (Å²) in [6.45, 7) is 3.21. The zero-order chi connectivity index (χ0) is 26.8. The van der Waals surface area contributed by atoms with Crippen molar-refractivity contribution >= 4 is 28.9 Å². The average molecular weight is 512 g/mol. The topological polar surface area (TPSA) is 88.6 Å². The van der Waals surface area contributed by atoms with Gasteiger partial charge in [0.05, 0.1) is 12.8 Å². The van der Waals surface area contributed by atoms with Gasteiger partial charge >= 0.3 is 0 Å². The van der Waals surface area contributed by atoms with Gasteiger partial charge in [0.2, 0.25) is 5.95 Å². The first kappa shape index (κ1) is 27.7. The van der Waals surface area contributed by atoms with Gasteiger partial charge in [-0.15, -0.1) is 0 Å². The smallest absolute Gasteiger partial charge is 0.229 e. The van der Waals surface area contributed by atoms with Crippen LogP contribution in [0.5, 0.6) is 5.75 Å². The number of ether oxygens (including phenoxy) is 2. The Labute approximate surface area is 215 Å². The van der Waals surface area contributed by atoms with Crippen LogP contribution in [0, 0.1) is 11.6 Å². The summed E-state index contributed by atoms with van der Waals surface area (Å²) in [5, 5.41) is 5.76. The summed E-state index contributed by atoms with van der Waals surface area (Å²) in [6, 6.07) is 11.4. The largest absolute Gasteiger partial charge is 0.488 e. The van der Waals surface area contributed by atoms with Gasteiger partial charge in [0, 0.05) is 37.5 Å². The van der Waals surface area contributed by atoms with Crippen LogP contribution in [0.2, 0.25) is 0 Å². The van der Waals surface area contributed by atoms with Crippen LogP contribution in [0.1, 0.15) is 12.5 Å². The third-order valence-corrected chi connectivity index (χ3v) is 5.05. The number of allylic oxidation sites excluding steroid dienone is 1. The molecule has 0 radical (unpaired) electrons. The van der Waals surface area contributed by atoms with Crippen LogP contribution in [0.4, 0.5) is 31.9 Å². The number of hydrogen-bond acceptors (Lipinski definition) is 8. The van der Waals surface area contributed by atoms with Crippen LogP contribution in [0.25, 0.3) is 0 Å². The van der Waals surface area contributed by atoms with E-state index in [4.69, 9.17) is 9.47 Å². The first-order valence-corrected chi connectivity index (χ1v) is 11.6. The number of rotatable bonds is 13.